The number of H-pyrrole nitrogens is 1. The smallest absolute Gasteiger partial charge is 0.325 e. The fourth-order valence-corrected chi connectivity index (χ4v) is 3.25. The second kappa shape index (κ2) is 7.71. The molecule has 3 heterocycles. The van der Waals surface area contributed by atoms with Gasteiger partial charge in [-0.15, -0.1) is 0 Å². The van der Waals surface area contributed by atoms with Gasteiger partial charge in [0.1, 0.15) is 10.9 Å². The number of hydrogen-bond donors (Lipinski definition) is 2. The van der Waals surface area contributed by atoms with Crippen molar-refractivity contribution in [2.75, 3.05) is 11.9 Å². The Morgan fingerprint density at radius 1 is 1.17 bits per heavy atom. The van der Waals surface area contributed by atoms with Crippen molar-refractivity contribution in [3.05, 3.63) is 81.8 Å². The van der Waals surface area contributed by atoms with Gasteiger partial charge in [-0.1, -0.05) is 35.3 Å². The van der Waals surface area contributed by atoms with E-state index in [1.165, 1.54) is 4.40 Å². The first kappa shape index (κ1) is 18.6. The Labute approximate surface area is 167 Å². The van der Waals surface area contributed by atoms with Crippen molar-refractivity contribution in [1.29, 1.82) is 0 Å². The van der Waals surface area contributed by atoms with Crippen LogP contribution >= 0.6 is 0 Å². The van der Waals surface area contributed by atoms with Gasteiger partial charge in [-0.2, -0.15) is 4.40 Å². The summed E-state index contributed by atoms with van der Waals surface area (Å²) in [6.07, 6.45) is 1.76. The van der Waals surface area contributed by atoms with Gasteiger partial charge in [0.15, 0.2) is 0 Å². The molecule has 4 rings (SSSR count). The molecule has 0 saturated heterocycles. The number of nitrogens with one attached hydrogen (secondary N) is 3. The van der Waals surface area contributed by atoms with E-state index in [2.05, 4.69) is 20.6 Å². The molecule has 146 valence electrons. The standard InChI is InChI=1S/C22H21N5O2/c1-3-23-19-16(21(28)24-12-15-7-5-4-6-8-15)11-17-20(26-19)25-18-10-9-14(2)13-27(18)22(17)29/h4-11,13H,3,12H2,1-2H3,(H,23,26)(H,24,28)/p+1. The third-order valence-electron chi connectivity index (χ3n) is 4.70. The first-order valence-electron chi connectivity index (χ1n) is 9.52. The second-order valence-electron chi connectivity index (χ2n) is 6.87. The van der Waals surface area contributed by atoms with Gasteiger partial charge in [0.05, 0.1) is 6.20 Å². The summed E-state index contributed by atoms with van der Waals surface area (Å²) in [7, 11) is 0. The molecule has 29 heavy (non-hydrogen) atoms. The summed E-state index contributed by atoms with van der Waals surface area (Å²) < 4.78 is 1.54. The quantitative estimate of drug-likeness (QED) is 0.514. The molecule has 1 aromatic carbocycles. The number of pyridine rings is 2. The molecule has 3 aromatic heterocycles. The number of aromatic amines is 1. The molecule has 3 N–H and O–H groups in total. The van der Waals surface area contributed by atoms with Crippen molar-refractivity contribution in [2.45, 2.75) is 20.4 Å². The Morgan fingerprint density at radius 2 is 1.97 bits per heavy atom. The number of rotatable bonds is 5. The van der Waals surface area contributed by atoms with Crippen molar-refractivity contribution in [2.24, 2.45) is 0 Å². The van der Waals surface area contributed by atoms with Crippen LogP contribution in [0.5, 0.6) is 0 Å². The molecule has 0 aliphatic heterocycles. The predicted molar refractivity (Wildman–Crippen MR) is 112 cm³/mol. The Hall–Kier alpha value is -3.74. The van der Waals surface area contributed by atoms with Crippen molar-refractivity contribution < 1.29 is 9.78 Å². The van der Waals surface area contributed by atoms with Crippen molar-refractivity contribution in [3.8, 4) is 0 Å². The number of aryl methyl sites for hydroxylation is 1. The van der Waals surface area contributed by atoms with Gasteiger partial charge in [0.2, 0.25) is 11.5 Å². The maximum atomic E-state index is 13.0. The van der Waals surface area contributed by atoms with Crippen LogP contribution in [-0.4, -0.2) is 21.8 Å². The lowest BCUT2D eigenvalue weighted by Gasteiger charge is -2.09. The molecule has 0 unspecified atom stereocenters. The summed E-state index contributed by atoms with van der Waals surface area (Å²) in [6.45, 7) is 4.85. The highest BCUT2D eigenvalue weighted by Crippen LogP contribution is 2.17. The normalized spacial score (nSPS) is 11.0. The van der Waals surface area contributed by atoms with Crippen molar-refractivity contribution in [3.63, 3.8) is 0 Å². The molecule has 0 bridgehead atoms. The van der Waals surface area contributed by atoms with Crippen LogP contribution in [0, 0.1) is 6.92 Å². The van der Waals surface area contributed by atoms with Gasteiger partial charge in [0.25, 0.3) is 11.6 Å². The fraction of sp³-hybridized carbons (Fsp3) is 0.182. The highest BCUT2D eigenvalue weighted by molar-refractivity contribution is 6.01. The number of hydrogen-bond acceptors (Lipinski definition) is 4. The van der Waals surface area contributed by atoms with E-state index in [4.69, 9.17) is 0 Å². The zero-order chi connectivity index (χ0) is 20.4. The minimum Gasteiger partial charge on any atom is -0.356 e. The summed E-state index contributed by atoms with van der Waals surface area (Å²) in [5.41, 5.74) is 3.16. The van der Waals surface area contributed by atoms with Gasteiger partial charge in [0, 0.05) is 19.2 Å². The van der Waals surface area contributed by atoms with E-state index in [9.17, 15) is 9.59 Å². The molecular formula is C22H22N5O2+. The van der Waals surface area contributed by atoms with Crippen LogP contribution in [0.15, 0.2) is 59.5 Å². The minimum atomic E-state index is -0.284. The summed E-state index contributed by atoms with van der Waals surface area (Å²) in [5.74, 6) is 0.158. The lowest BCUT2D eigenvalue weighted by atomic mass is 10.1. The highest BCUT2D eigenvalue weighted by atomic mass is 16.1. The number of fused-ring (bicyclic) bond motifs is 2. The number of anilines is 1. The summed E-state index contributed by atoms with van der Waals surface area (Å²) >= 11 is 0. The lowest BCUT2D eigenvalue weighted by Crippen LogP contribution is -2.28. The summed E-state index contributed by atoms with van der Waals surface area (Å²) in [5, 5.41) is 6.39. The topological polar surface area (TPSA) is 89.6 Å². The molecule has 0 atom stereocenters. The van der Waals surface area contributed by atoms with Gasteiger partial charge < -0.3 is 10.6 Å². The molecule has 0 radical (unpaired) electrons. The van der Waals surface area contributed by atoms with Crippen LogP contribution in [0.4, 0.5) is 5.82 Å². The van der Waals surface area contributed by atoms with E-state index in [-0.39, 0.29) is 11.5 Å². The fourth-order valence-electron chi connectivity index (χ4n) is 3.25. The van der Waals surface area contributed by atoms with Gasteiger partial charge in [-0.3, -0.25) is 4.79 Å². The van der Waals surface area contributed by atoms with Crippen LogP contribution in [0.25, 0.3) is 16.7 Å². The second-order valence-corrected chi connectivity index (χ2v) is 6.87. The van der Waals surface area contributed by atoms with Gasteiger partial charge in [-0.05, 0) is 37.1 Å². The molecular weight excluding hydrogens is 366 g/mol. The van der Waals surface area contributed by atoms with Crippen LogP contribution in [0.2, 0.25) is 0 Å². The van der Waals surface area contributed by atoms with Gasteiger partial charge >= 0.3 is 5.56 Å². The van der Waals surface area contributed by atoms with E-state index in [1.807, 2.05) is 56.3 Å². The zero-order valence-corrected chi connectivity index (χ0v) is 16.3. The minimum absolute atomic E-state index is 0.217. The first-order valence-corrected chi connectivity index (χ1v) is 9.52. The predicted octanol–water partition coefficient (Wildman–Crippen LogP) is 2.33. The molecule has 0 saturated carbocycles. The molecule has 7 heteroatoms. The Bertz CT molecular complexity index is 1270. The van der Waals surface area contributed by atoms with Crippen LogP contribution in [-0.2, 0) is 6.54 Å². The van der Waals surface area contributed by atoms with E-state index in [0.717, 1.165) is 11.1 Å². The Balaban J connectivity index is 1.80. The lowest BCUT2D eigenvalue weighted by molar-refractivity contribution is -0.319. The van der Waals surface area contributed by atoms with E-state index in [0.29, 0.717) is 41.2 Å². The van der Waals surface area contributed by atoms with E-state index >= 15 is 0 Å². The molecule has 4 aromatic rings. The highest BCUT2D eigenvalue weighted by Gasteiger charge is 2.21. The monoisotopic (exact) mass is 388 g/mol. The summed E-state index contributed by atoms with van der Waals surface area (Å²) in [6, 6.07) is 15.0. The number of amides is 1. The number of nitrogens with zero attached hydrogens (tertiary/aromatic N) is 2. The number of benzene rings is 1. The van der Waals surface area contributed by atoms with E-state index in [1.54, 1.807) is 12.3 Å². The molecule has 7 nitrogen and oxygen atoms in total. The van der Waals surface area contributed by atoms with Gasteiger partial charge in [-0.25, -0.2) is 9.78 Å². The third-order valence-corrected chi connectivity index (χ3v) is 4.70. The number of aromatic nitrogens is 3. The SMILES string of the molecule is CCNc1nc2[nH+]c3ccc(C)cn3c(=O)c2cc1C(=O)NCc1ccccc1. The number of carbonyl (C=O) groups excluding carboxylic acids is 1. The molecule has 1 amide bonds. The van der Waals surface area contributed by atoms with Crippen LogP contribution in [0.3, 0.4) is 0 Å². The maximum Gasteiger partial charge on any atom is 0.325 e. The largest absolute Gasteiger partial charge is 0.356 e. The molecule has 0 aliphatic rings. The third kappa shape index (κ3) is 3.67. The van der Waals surface area contributed by atoms with Crippen molar-refractivity contribution >= 4 is 28.4 Å². The molecule has 0 aliphatic carbocycles. The first-order chi connectivity index (χ1) is 14.1. The average molecular weight is 388 g/mol. The average Bonchev–Trinajstić information content (AvgIpc) is 2.73. The zero-order valence-electron chi connectivity index (χ0n) is 16.3. The Morgan fingerprint density at radius 3 is 2.72 bits per heavy atom. The van der Waals surface area contributed by atoms with E-state index < -0.39 is 0 Å². The summed E-state index contributed by atoms with van der Waals surface area (Å²) in [4.78, 5) is 33.6. The Kier molecular flexibility index (Phi) is 4.95. The van der Waals surface area contributed by atoms with Crippen molar-refractivity contribution in [1.82, 2.24) is 14.7 Å². The maximum absolute atomic E-state index is 13.0. The van der Waals surface area contributed by atoms with Crippen LogP contribution < -0.4 is 21.2 Å². The molecule has 0 fully saturated rings. The van der Waals surface area contributed by atoms with Crippen LogP contribution in [0.1, 0.15) is 28.4 Å². The number of carbonyl (C=O) groups is 1. The molecule has 0 spiro atoms.